The molecule has 3 aromatic rings. The van der Waals surface area contributed by atoms with Crippen molar-refractivity contribution in [2.24, 2.45) is 0 Å². The van der Waals surface area contributed by atoms with E-state index in [1.165, 1.54) is 0 Å². The molecule has 0 spiro atoms. The van der Waals surface area contributed by atoms with Crippen LogP contribution in [0.5, 0.6) is 0 Å². The summed E-state index contributed by atoms with van der Waals surface area (Å²) in [5.74, 6) is 0.317. The second-order valence-electron chi connectivity index (χ2n) is 7.18. The van der Waals surface area contributed by atoms with E-state index in [0.717, 1.165) is 21.6 Å². The van der Waals surface area contributed by atoms with E-state index >= 15 is 0 Å². The summed E-state index contributed by atoms with van der Waals surface area (Å²) >= 11 is 0. The molecule has 0 amide bonds. The Bertz CT molecular complexity index is 908. The Labute approximate surface area is 172 Å². The maximum Gasteiger partial charge on any atom is 0.125 e. The van der Waals surface area contributed by atoms with E-state index in [-0.39, 0.29) is 0 Å². The van der Waals surface area contributed by atoms with Gasteiger partial charge in [0.1, 0.15) is 11.0 Å². The molecule has 28 heavy (non-hydrogen) atoms. The number of nitrogens with one attached hydrogen (secondary N) is 1. The zero-order valence-corrected chi connectivity index (χ0v) is 18.0. The van der Waals surface area contributed by atoms with Crippen molar-refractivity contribution in [2.75, 3.05) is 5.75 Å². The van der Waals surface area contributed by atoms with Crippen LogP contribution < -0.4 is 4.72 Å². The highest BCUT2D eigenvalue weighted by Gasteiger charge is 2.31. The smallest absolute Gasteiger partial charge is 0.125 e. The number of hydrogen-bond acceptors (Lipinski definition) is 2. The summed E-state index contributed by atoms with van der Waals surface area (Å²) in [7, 11) is -2.66. The van der Waals surface area contributed by atoms with Gasteiger partial charge in [-0.15, -0.1) is 0 Å². The number of benzene rings is 3. The lowest BCUT2D eigenvalue weighted by molar-refractivity contribution is 0.499. The van der Waals surface area contributed by atoms with Gasteiger partial charge in [-0.25, -0.2) is 8.93 Å². The second kappa shape index (κ2) is 8.95. The van der Waals surface area contributed by atoms with Crippen LogP contribution in [0.2, 0.25) is 0 Å². The summed E-state index contributed by atoms with van der Waals surface area (Å²) in [6, 6.07) is 25.1. The van der Waals surface area contributed by atoms with Crippen molar-refractivity contribution in [3.63, 3.8) is 0 Å². The van der Waals surface area contributed by atoms with Gasteiger partial charge in [0.2, 0.25) is 0 Å². The first-order valence-electron chi connectivity index (χ1n) is 9.14. The van der Waals surface area contributed by atoms with Crippen LogP contribution in [-0.4, -0.2) is 14.2 Å². The molecule has 0 fully saturated rings. The highest BCUT2D eigenvalue weighted by Crippen LogP contribution is 2.26. The van der Waals surface area contributed by atoms with Gasteiger partial charge in [0, 0.05) is 4.90 Å². The van der Waals surface area contributed by atoms with Crippen LogP contribution in [0.4, 0.5) is 0 Å². The fourth-order valence-electron chi connectivity index (χ4n) is 2.94. The van der Waals surface area contributed by atoms with Gasteiger partial charge in [-0.2, -0.15) is 0 Å². The summed E-state index contributed by atoms with van der Waals surface area (Å²) < 4.78 is 29.3. The SMILES string of the molecule is Cc1ccc([S@](=O)C[C@@](C)(N[S@](=O)c2ccc(C)cc2)c2ccccc2)cc1. The Kier molecular flexibility index (Phi) is 6.60. The van der Waals surface area contributed by atoms with Gasteiger partial charge in [-0.3, -0.25) is 4.21 Å². The third-order valence-corrected chi connectivity index (χ3v) is 7.64. The molecule has 3 aromatic carbocycles. The molecule has 146 valence electrons. The summed E-state index contributed by atoms with van der Waals surface area (Å²) in [5, 5.41) is 0. The Morgan fingerprint density at radius 1 is 0.750 bits per heavy atom. The third-order valence-electron chi connectivity index (χ3n) is 4.67. The molecule has 5 heteroatoms. The van der Waals surface area contributed by atoms with Gasteiger partial charge in [-0.05, 0) is 50.6 Å². The highest BCUT2D eigenvalue weighted by atomic mass is 32.2. The summed E-state index contributed by atoms with van der Waals surface area (Å²) in [6.45, 7) is 5.96. The molecule has 3 rings (SSSR count). The van der Waals surface area contributed by atoms with E-state index in [0.29, 0.717) is 10.6 Å². The van der Waals surface area contributed by atoms with Crippen molar-refractivity contribution in [2.45, 2.75) is 36.1 Å². The molecule has 3 atom stereocenters. The predicted octanol–water partition coefficient (Wildman–Crippen LogP) is 4.64. The van der Waals surface area contributed by atoms with Crippen molar-refractivity contribution in [3.8, 4) is 0 Å². The minimum Gasteiger partial charge on any atom is -0.254 e. The van der Waals surface area contributed by atoms with Gasteiger partial charge < -0.3 is 0 Å². The van der Waals surface area contributed by atoms with Crippen molar-refractivity contribution < 1.29 is 8.42 Å². The van der Waals surface area contributed by atoms with Crippen LogP contribution in [-0.2, 0) is 27.3 Å². The van der Waals surface area contributed by atoms with Crippen LogP contribution in [0, 0.1) is 13.8 Å². The zero-order valence-electron chi connectivity index (χ0n) is 16.3. The Morgan fingerprint density at radius 3 is 1.79 bits per heavy atom. The molecule has 0 saturated heterocycles. The lowest BCUT2D eigenvalue weighted by atomic mass is 9.96. The van der Waals surface area contributed by atoms with E-state index < -0.39 is 27.3 Å². The van der Waals surface area contributed by atoms with Crippen molar-refractivity contribution in [1.82, 2.24) is 4.72 Å². The molecular weight excluding hydrogens is 386 g/mol. The fraction of sp³-hybridized carbons (Fsp3) is 0.217. The topological polar surface area (TPSA) is 46.2 Å². The maximum absolute atomic E-state index is 13.1. The molecule has 0 unspecified atom stereocenters. The van der Waals surface area contributed by atoms with Crippen LogP contribution >= 0.6 is 0 Å². The monoisotopic (exact) mass is 411 g/mol. The molecule has 1 N–H and O–H groups in total. The summed E-state index contributed by atoms with van der Waals surface area (Å²) in [5.41, 5.74) is 2.49. The molecule has 0 aliphatic rings. The van der Waals surface area contributed by atoms with Crippen molar-refractivity contribution in [3.05, 3.63) is 95.6 Å². The van der Waals surface area contributed by atoms with Crippen LogP contribution in [0.1, 0.15) is 23.6 Å². The zero-order chi connectivity index (χ0) is 20.1. The average Bonchev–Trinajstić information content (AvgIpc) is 2.69. The Morgan fingerprint density at radius 2 is 1.25 bits per heavy atom. The number of aryl methyl sites for hydroxylation is 2. The second-order valence-corrected chi connectivity index (χ2v) is 9.85. The molecular formula is C23H25NO2S2. The van der Waals surface area contributed by atoms with Crippen molar-refractivity contribution >= 4 is 21.8 Å². The molecule has 0 radical (unpaired) electrons. The minimum absolute atomic E-state index is 0.317. The normalized spacial score (nSPS) is 15.5. The summed E-state index contributed by atoms with van der Waals surface area (Å²) in [6.07, 6.45) is 0. The Hall–Kier alpha value is -2.08. The van der Waals surface area contributed by atoms with E-state index in [9.17, 15) is 8.42 Å². The van der Waals surface area contributed by atoms with Gasteiger partial charge in [-0.1, -0.05) is 65.7 Å². The van der Waals surface area contributed by atoms with Gasteiger partial charge >= 0.3 is 0 Å². The van der Waals surface area contributed by atoms with Crippen molar-refractivity contribution in [1.29, 1.82) is 0 Å². The first-order chi connectivity index (χ1) is 13.4. The largest absolute Gasteiger partial charge is 0.254 e. The number of hydrogen-bond donors (Lipinski definition) is 1. The van der Waals surface area contributed by atoms with E-state index in [1.807, 2.05) is 99.6 Å². The third kappa shape index (κ3) is 5.04. The number of rotatable bonds is 7. The van der Waals surface area contributed by atoms with E-state index in [4.69, 9.17) is 0 Å². The predicted molar refractivity (Wildman–Crippen MR) is 117 cm³/mol. The average molecular weight is 412 g/mol. The lowest BCUT2D eigenvalue weighted by Gasteiger charge is -2.30. The van der Waals surface area contributed by atoms with Gasteiger partial charge in [0.05, 0.1) is 27.0 Å². The first-order valence-corrected chi connectivity index (χ1v) is 11.6. The molecule has 0 aromatic heterocycles. The Balaban J connectivity index is 1.89. The van der Waals surface area contributed by atoms with Crippen LogP contribution in [0.25, 0.3) is 0 Å². The molecule has 0 aliphatic carbocycles. The van der Waals surface area contributed by atoms with Gasteiger partial charge in [0.15, 0.2) is 0 Å². The quantitative estimate of drug-likeness (QED) is 0.616. The highest BCUT2D eigenvalue weighted by molar-refractivity contribution is 7.85. The van der Waals surface area contributed by atoms with Crippen LogP contribution in [0.3, 0.4) is 0 Å². The fourth-order valence-corrected chi connectivity index (χ4v) is 5.50. The molecule has 3 nitrogen and oxygen atoms in total. The molecule has 0 bridgehead atoms. The lowest BCUT2D eigenvalue weighted by Crippen LogP contribution is -2.45. The maximum atomic E-state index is 13.1. The van der Waals surface area contributed by atoms with Gasteiger partial charge in [0.25, 0.3) is 0 Å². The summed E-state index contributed by atoms with van der Waals surface area (Å²) in [4.78, 5) is 1.48. The molecule has 0 heterocycles. The standard InChI is InChI=1S/C23H25NO2S2/c1-18-9-13-21(14-10-18)27(25)17-23(3,20-7-5-4-6-8-20)24-28(26)22-15-11-19(2)12-16-22/h4-16,24H,17H2,1-3H3/t23-,27-,28-/m1/s1. The minimum atomic E-state index is -1.42. The van der Waals surface area contributed by atoms with E-state index in [2.05, 4.69) is 4.72 Å². The molecule has 0 saturated carbocycles. The molecule has 0 aliphatic heterocycles. The first kappa shape index (κ1) is 20.6. The van der Waals surface area contributed by atoms with E-state index in [1.54, 1.807) is 0 Å². The van der Waals surface area contributed by atoms with Crippen LogP contribution in [0.15, 0.2) is 88.7 Å².